The number of benzene rings is 2. The molecule has 2 aromatic rings. The predicted octanol–water partition coefficient (Wildman–Crippen LogP) is 4.78. The number of rotatable bonds is 6. The zero-order chi connectivity index (χ0) is 21.8. The number of ether oxygens (including phenoxy) is 1. The van der Waals surface area contributed by atoms with E-state index in [0.717, 1.165) is 12.1 Å². The highest BCUT2D eigenvalue weighted by atomic mass is 35.5. The number of carbonyl (C=O) groups excluding carboxylic acids is 2. The van der Waals surface area contributed by atoms with Gasteiger partial charge in [-0.3, -0.25) is 14.9 Å². The minimum atomic E-state index is -4.95. The average Bonchev–Trinajstić information content (AvgIpc) is 2.65. The SMILES string of the molecule is CSc1ccc(Cl)c(C(=O)OCC(=O)Nc2ccc([N+](=O)[O-])cc2C(F)(F)F)c1. The van der Waals surface area contributed by atoms with Crippen molar-refractivity contribution >= 4 is 46.6 Å². The normalized spacial score (nSPS) is 11.1. The van der Waals surface area contributed by atoms with Gasteiger partial charge in [0.25, 0.3) is 11.6 Å². The molecule has 0 fully saturated rings. The van der Waals surface area contributed by atoms with Crippen molar-refractivity contribution in [3.8, 4) is 0 Å². The number of hydrogen-bond donors (Lipinski definition) is 1. The highest BCUT2D eigenvalue weighted by Crippen LogP contribution is 2.37. The molecule has 0 radical (unpaired) electrons. The van der Waals surface area contributed by atoms with Crippen LogP contribution in [0.3, 0.4) is 0 Å². The monoisotopic (exact) mass is 448 g/mol. The summed E-state index contributed by atoms with van der Waals surface area (Å²) in [6.07, 6.45) is -3.18. The highest BCUT2D eigenvalue weighted by molar-refractivity contribution is 7.98. The van der Waals surface area contributed by atoms with Crippen molar-refractivity contribution in [3.63, 3.8) is 0 Å². The molecule has 2 aromatic carbocycles. The van der Waals surface area contributed by atoms with Gasteiger partial charge in [0.2, 0.25) is 0 Å². The zero-order valence-corrected chi connectivity index (χ0v) is 16.2. The van der Waals surface area contributed by atoms with Crippen molar-refractivity contribution in [2.45, 2.75) is 11.1 Å². The number of carbonyl (C=O) groups is 2. The number of amides is 1. The van der Waals surface area contributed by atoms with E-state index in [0.29, 0.717) is 11.0 Å². The molecule has 12 heteroatoms. The van der Waals surface area contributed by atoms with Crippen LogP contribution in [0.1, 0.15) is 15.9 Å². The Bertz CT molecular complexity index is 969. The number of thioether (sulfide) groups is 1. The quantitative estimate of drug-likeness (QED) is 0.295. The molecule has 0 bridgehead atoms. The summed E-state index contributed by atoms with van der Waals surface area (Å²) in [7, 11) is 0. The first-order valence-corrected chi connectivity index (χ1v) is 9.29. The molecule has 29 heavy (non-hydrogen) atoms. The van der Waals surface area contributed by atoms with Gasteiger partial charge in [0, 0.05) is 17.0 Å². The first kappa shape index (κ1) is 22.5. The highest BCUT2D eigenvalue weighted by Gasteiger charge is 2.35. The van der Waals surface area contributed by atoms with Crippen molar-refractivity contribution in [3.05, 3.63) is 62.7 Å². The molecule has 0 aromatic heterocycles. The number of anilines is 1. The number of nitrogens with zero attached hydrogens (tertiary/aromatic N) is 1. The van der Waals surface area contributed by atoms with E-state index in [4.69, 9.17) is 16.3 Å². The Hall–Kier alpha value is -2.79. The van der Waals surface area contributed by atoms with E-state index < -0.39 is 46.5 Å². The summed E-state index contributed by atoms with van der Waals surface area (Å²) in [5.41, 5.74) is -2.89. The summed E-state index contributed by atoms with van der Waals surface area (Å²) in [6.45, 7) is -0.882. The van der Waals surface area contributed by atoms with E-state index in [9.17, 15) is 32.9 Å². The van der Waals surface area contributed by atoms with E-state index in [1.807, 2.05) is 5.32 Å². The van der Waals surface area contributed by atoms with Crippen LogP contribution in [0.2, 0.25) is 5.02 Å². The van der Waals surface area contributed by atoms with Crippen LogP contribution in [0.5, 0.6) is 0 Å². The number of halogens is 4. The Labute approximate surface area is 171 Å². The van der Waals surface area contributed by atoms with Crippen LogP contribution in [0.25, 0.3) is 0 Å². The zero-order valence-electron chi connectivity index (χ0n) is 14.6. The standard InChI is InChI=1S/C17H12ClF3N2O5S/c1-29-10-3-4-13(18)11(7-10)16(25)28-8-15(24)22-14-5-2-9(23(26)27)6-12(14)17(19,20)21/h2-7H,8H2,1H3,(H,22,24). The van der Waals surface area contributed by atoms with Crippen molar-refractivity contribution in [2.75, 3.05) is 18.2 Å². The molecule has 0 saturated heterocycles. The molecule has 0 spiro atoms. The van der Waals surface area contributed by atoms with Gasteiger partial charge >= 0.3 is 12.1 Å². The lowest BCUT2D eigenvalue weighted by Gasteiger charge is -2.14. The molecule has 0 heterocycles. The minimum Gasteiger partial charge on any atom is -0.452 e. The first-order chi connectivity index (χ1) is 13.5. The number of nitrogens with one attached hydrogen (secondary N) is 1. The molecule has 0 atom stereocenters. The fraction of sp³-hybridized carbons (Fsp3) is 0.176. The Morgan fingerprint density at radius 2 is 1.93 bits per heavy atom. The Morgan fingerprint density at radius 3 is 2.52 bits per heavy atom. The summed E-state index contributed by atoms with van der Waals surface area (Å²) in [4.78, 5) is 34.4. The summed E-state index contributed by atoms with van der Waals surface area (Å²) in [5, 5.41) is 12.7. The molecule has 0 aliphatic rings. The third-order valence-corrected chi connectivity index (χ3v) is 4.58. The average molecular weight is 449 g/mol. The number of esters is 1. The maximum absolute atomic E-state index is 13.1. The van der Waals surface area contributed by atoms with E-state index >= 15 is 0 Å². The lowest BCUT2D eigenvalue weighted by atomic mass is 10.1. The Balaban J connectivity index is 2.12. The summed E-state index contributed by atoms with van der Waals surface area (Å²) in [5.74, 6) is -1.99. The van der Waals surface area contributed by atoms with Crippen LogP contribution in [0.15, 0.2) is 41.3 Å². The molecule has 0 saturated carbocycles. The maximum Gasteiger partial charge on any atom is 0.418 e. The van der Waals surface area contributed by atoms with Crippen molar-refractivity contribution in [2.24, 2.45) is 0 Å². The van der Waals surface area contributed by atoms with E-state index in [-0.39, 0.29) is 10.6 Å². The van der Waals surface area contributed by atoms with Gasteiger partial charge in [-0.2, -0.15) is 13.2 Å². The third kappa shape index (κ3) is 5.84. The van der Waals surface area contributed by atoms with Gasteiger partial charge in [-0.25, -0.2) is 4.79 Å². The second-order valence-electron chi connectivity index (χ2n) is 5.45. The molecule has 2 rings (SSSR count). The second-order valence-corrected chi connectivity index (χ2v) is 6.74. The van der Waals surface area contributed by atoms with Crippen molar-refractivity contribution in [1.29, 1.82) is 0 Å². The van der Waals surface area contributed by atoms with Gasteiger partial charge in [-0.05, 0) is 30.5 Å². The Kier molecular flexibility index (Phi) is 7.09. The van der Waals surface area contributed by atoms with Gasteiger partial charge in [0.1, 0.15) is 0 Å². The summed E-state index contributed by atoms with van der Waals surface area (Å²) >= 11 is 7.26. The molecule has 154 valence electrons. The van der Waals surface area contributed by atoms with E-state index in [1.165, 1.54) is 23.9 Å². The van der Waals surface area contributed by atoms with Crippen LogP contribution < -0.4 is 5.32 Å². The lowest BCUT2D eigenvalue weighted by Crippen LogP contribution is -2.23. The fourth-order valence-corrected chi connectivity index (χ4v) is 2.81. The van der Waals surface area contributed by atoms with Gasteiger partial charge in [-0.1, -0.05) is 11.6 Å². The largest absolute Gasteiger partial charge is 0.452 e. The van der Waals surface area contributed by atoms with Crippen LogP contribution in [0, 0.1) is 10.1 Å². The van der Waals surface area contributed by atoms with Crippen LogP contribution in [-0.4, -0.2) is 29.7 Å². The summed E-state index contributed by atoms with van der Waals surface area (Å²) in [6, 6.07) is 6.45. The minimum absolute atomic E-state index is 0.00219. The smallest absolute Gasteiger partial charge is 0.418 e. The van der Waals surface area contributed by atoms with E-state index in [2.05, 4.69) is 0 Å². The van der Waals surface area contributed by atoms with E-state index in [1.54, 1.807) is 12.3 Å². The Morgan fingerprint density at radius 1 is 1.24 bits per heavy atom. The van der Waals surface area contributed by atoms with Crippen LogP contribution >= 0.6 is 23.4 Å². The van der Waals surface area contributed by atoms with Gasteiger partial charge in [0.15, 0.2) is 6.61 Å². The maximum atomic E-state index is 13.1. The van der Waals surface area contributed by atoms with Gasteiger partial charge in [-0.15, -0.1) is 11.8 Å². The number of non-ortho nitro benzene ring substituents is 1. The second kappa shape index (κ2) is 9.14. The lowest BCUT2D eigenvalue weighted by molar-refractivity contribution is -0.385. The number of nitro groups is 1. The molecule has 0 unspecified atom stereocenters. The van der Waals surface area contributed by atoms with Gasteiger partial charge in [0.05, 0.1) is 26.8 Å². The topological polar surface area (TPSA) is 98.5 Å². The van der Waals surface area contributed by atoms with Gasteiger partial charge < -0.3 is 10.1 Å². The molecular formula is C17H12ClF3N2O5S. The number of nitro benzene ring substituents is 1. The van der Waals surface area contributed by atoms with Crippen molar-refractivity contribution in [1.82, 2.24) is 0 Å². The molecule has 0 aliphatic heterocycles. The molecule has 1 amide bonds. The predicted molar refractivity (Wildman–Crippen MR) is 100 cm³/mol. The summed E-state index contributed by atoms with van der Waals surface area (Å²) < 4.78 is 44.1. The molecular weight excluding hydrogens is 437 g/mol. The number of alkyl halides is 3. The molecule has 7 nitrogen and oxygen atoms in total. The third-order valence-electron chi connectivity index (χ3n) is 3.52. The molecule has 0 aliphatic carbocycles. The van der Waals surface area contributed by atoms with Crippen LogP contribution in [0.4, 0.5) is 24.5 Å². The number of hydrogen-bond acceptors (Lipinski definition) is 6. The molecule has 1 N–H and O–H groups in total. The van der Waals surface area contributed by atoms with Crippen molar-refractivity contribution < 1.29 is 32.4 Å². The fourth-order valence-electron chi connectivity index (χ4n) is 2.17. The van der Waals surface area contributed by atoms with Crippen LogP contribution in [-0.2, 0) is 15.7 Å². The first-order valence-electron chi connectivity index (χ1n) is 7.69.